The predicted molar refractivity (Wildman–Crippen MR) is 129 cm³/mol. The minimum Gasteiger partial charge on any atom is -0.507 e. The lowest BCUT2D eigenvalue weighted by Gasteiger charge is -2.28. The molecule has 37 heavy (non-hydrogen) atoms. The topological polar surface area (TPSA) is 90.4 Å². The van der Waals surface area contributed by atoms with E-state index < -0.39 is 29.1 Å². The van der Waals surface area contributed by atoms with Crippen LogP contribution < -0.4 is 15.1 Å². The first kappa shape index (κ1) is 26.5. The van der Waals surface area contributed by atoms with Crippen LogP contribution in [0.1, 0.15) is 54.8 Å². The Morgan fingerprint density at radius 3 is 2.57 bits per heavy atom. The second-order valence-corrected chi connectivity index (χ2v) is 9.42. The van der Waals surface area contributed by atoms with Crippen molar-refractivity contribution >= 4 is 16.9 Å². The van der Waals surface area contributed by atoms with Crippen molar-refractivity contribution in [1.82, 2.24) is 0 Å². The van der Waals surface area contributed by atoms with Crippen LogP contribution in [-0.4, -0.2) is 30.8 Å². The van der Waals surface area contributed by atoms with E-state index >= 15 is 0 Å². The lowest BCUT2D eigenvalue weighted by atomic mass is 9.99. The van der Waals surface area contributed by atoms with Gasteiger partial charge in [0.2, 0.25) is 11.2 Å². The number of halogens is 3. The number of ether oxygens (including phenoxy) is 2. The summed E-state index contributed by atoms with van der Waals surface area (Å²) in [6.45, 7) is 6.02. The lowest BCUT2D eigenvalue weighted by Crippen LogP contribution is -3.12. The molecule has 1 fully saturated rings. The second kappa shape index (κ2) is 10.8. The molecule has 0 bridgehead atoms. The van der Waals surface area contributed by atoms with E-state index in [1.807, 2.05) is 6.92 Å². The number of aromatic hydroxyl groups is 1. The van der Waals surface area contributed by atoms with Crippen LogP contribution in [0, 0.1) is 5.92 Å². The molecule has 4 rings (SSSR count). The van der Waals surface area contributed by atoms with Crippen LogP contribution in [0.4, 0.5) is 13.2 Å². The van der Waals surface area contributed by atoms with E-state index in [1.54, 1.807) is 0 Å². The average Bonchev–Trinajstić information content (AvgIpc) is 2.85. The Morgan fingerprint density at radius 2 is 1.92 bits per heavy atom. The maximum Gasteiger partial charge on any atom is 0.453 e. The van der Waals surface area contributed by atoms with Crippen LogP contribution in [0.15, 0.2) is 45.6 Å². The zero-order chi connectivity index (χ0) is 26.7. The minimum atomic E-state index is -5.04. The number of nitrogens with one attached hydrogen (secondary N) is 1. The maximum atomic E-state index is 14.0. The molecule has 10 heteroatoms. The van der Waals surface area contributed by atoms with Crippen LogP contribution in [0.25, 0.3) is 11.0 Å². The zero-order valence-corrected chi connectivity index (χ0v) is 20.6. The molecule has 1 aliphatic heterocycles. The Kier molecular flexibility index (Phi) is 7.77. The first-order chi connectivity index (χ1) is 17.6. The Labute approximate surface area is 211 Å². The Bertz CT molecular complexity index is 1330. The van der Waals surface area contributed by atoms with Gasteiger partial charge in [0.1, 0.15) is 18.0 Å². The molecule has 2 atom stereocenters. The largest absolute Gasteiger partial charge is 0.507 e. The minimum absolute atomic E-state index is 0.0880. The third kappa shape index (κ3) is 5.90. The number of phenols is 1. The number of quaternary nitrogens is 1. The van der Waals surface area contributed by atoms with Gasteiger partial charge in [-0.3, -0.25) is 4.79 Å². The van der Waals surface area contributed by atoms with Crippen LogP contribution in [0.2, 0.25) is 0 Å². The first-order valence-electron chi connectivity index (χ1n) is 12.3. The number of carbonyl (C=O) groups is 1. The molecule has 3 aromatic rings. The van der Waals surface area contributed by atoms with Crippen molar-refractivity contribution in [2.75, 3.05) is 19.7 Å². The molecule has 0 saturated carbocycles. The normalized spacial score (nSPS) is 18.1. The molecule has 1 unspecified atom stereocenters. The van der Waals surface area contributed by atoms with Gasteiger partial charge in [-0.25, -0.2) is 4.79 Å². The van der Waals surface area contributed by atoms with Crippen LogP contribution in [0.5, 0.6) is 17.2 Å². The molecule has 1 saturated heterocycles. The summed E-state index contributed by atoms with van der Waals surface area (Å²) in [4.78, 5) is 26.3. The summed E-state index contributed by atoms with van der Waals surface area (Å²) >= 11 is 0. The van der Waals surface area contributed by atoms with E-state index in [0.29, 0.717) is 12.3 Å². The van der Waals surface area contributed by atoms with Crippen molar-refractivity contribution in [2.24, 2.45) is 5.92 Å². The zero-order valence-electron chi connectivity index (χ0n) is 20.6. The highest BCUT2D eigenvalue weighted by molar-refractivity contribution is 5.89. The van der Waals surface area contributed by atoms with Gasteiger partial charge in [-0.1, -0.05) is 13.8 Å². The molecular formula is C27H29F3NO6+. The number of fused-ring (bicyclic) bond motifs is 1. The molecule has 0 amide bonds. The summed E-state index contributed by atoms with van der Waals surface area (Å²) in [6, 6.07) is 7.73. The quantitative estimate of drug-likeness (QED) is 0.440. The van der Waals surface area contributed by atoms with Gasteiger partial charge in [-0.2, -0.15) is 13.2 Å². The van der Waals surface area contributed by atoms with Crippen LogP contribution >= 0.6 is 0 Å². The number of hydrogen-bond acceptors (Lipinski definition) is 6. The van der Waals surface area contributed by atoms with Gasteiger partial charge in [-0.05, 0) is 55.7 Å². The second-order valence-electron chi connectivity index (χ2n) is 9.42. The highest BCUT2D eigenvalue weighted by atomic mass is 19.4. The van der Waals surface area contributed by atoms with Crippen LogP contribution in [0.3, 0.4) is 0 Å². The third-order valence-corrected chi connectivity index (χ3v) is 6.39. The fourth-order valence-corrected chi connectivity index (χ4v) is 4.60. The number of piperidine rings is 1. The van der Waals surface area contributed by atoms with Gasteiger partial charge in [0.25, 0.3) is 5.76 Å². The van der Waals surface area contributed by atoms with E-state index in [0.717, 1.165) is 30.8 Å². The summed E-state index contributed by atoms with van der Waals surface area (Å²) in [7, 11) is 0. The third-order valence-electron chi connectivity index (χ3n) is 6.39. The standard InChI is InChI=1S/C27H28F3NO6/c1-3-13-35-26(34)17-6-8-18(9-7-17)36-24-22(33)19-10-11-21(32)20(15-31-12-4-5-16(2)14-31)23(19)37-25(24)27(28,29)30/h6-11,16,32H,3-5,12-15H2,1-2H3/p+1/t16-/m0/s1. The van der Waals surface area contributed by atoms with Crippen molar-refractivity contribution in [1.29, 1.82) is 0 Å². The summed E-state index contributed by atoms with van der Waals surface area (Å²) in [5.41, 5.74) is -0.963. The highest BCUT2D eigenvalue weighted by Gasteiger charge is 2.41. The van der Waals surface area contributed by atoms with E-state index in [1.165, 1.54) is 36.4 Å². The van der Waals surface area contributed by atoms with Gasteiger partial charge in [0, 0.05) is 5.92 Å². The van der Waals surface area contributed by atoms with E-state index in [2.05, 4.69) is 6.92 Å². The first-order valence-corrected chi connectivity index (χ1v) is 12.3. The van der Waals surface area contributed by atoms with Gasteiger partial charge in [0.15, 0.2) is 5.58 Å². The number of hydrogen-bond donors (Lipinski definition) is 2. The maximum absolute atomic E-state index is 14.0. The fourth-order valence-electron chi connectivity index (χ4n) is 4.60. The summed E-state index contributed by atoms with van der Waals surface area (Å²) < 4.78 is 57.9. The lowest BCUT2D eigenvalue weighted by molar-refractivity contribution is -0.922. The molecule has 198 valence electrons. The molecule has 1 aliphatic rings. The van der Waals surface area contributed by atoms with E-state index in [-0.39, 0.29) is 46.7 Å². The van der Waals surface area contributed by atoms with Crippen molar-refractivity contribution in [2.45, 2.75) is 45.8 Å². The predicted octanol–water partition coefficient (Wildman–Crippen LogP) is 4.69. The summed E-state index contributed by atoms with van der Waals surface area (Å²) in [5.74, 6) is -3.06. The van der Waals surface area contributed by atoms with E-state index in [4.69, 9.17) is 13.9 Å². The number of benzene rings is 2. The van der Waals surface area contributed by atoms with Gasteiger partial charge < -0.3 is 23.9 Å². The van der Waals surface area contributed by atoms with Crippen molar-refractivity contribution in [3.05, 3.63) is 63.5 Å². The number of likely N-dealkylation sites (tertiary alicyclic amines) is 1. The smallest absolute Gasteiger partial charge is 0.453 e. The molecule has 2 aromatic carbocycles. The Hall–Kier alpha value is -3.53. The molecule has 2 N–H and O–H groups in total. The number of alkyl halides is 3. The monoisotopic (exact) mass is 520 g/mol. The van der Waals surface area contributed by atoms with Gasteiger partial charge in [0.05, 0.1) is 36.2 Å². The number of rotatable bonds is 7. The SMILES string of the molecule is CCCOC(=O)c1ccc(Oc2c(C(F)(F)F)oc3c(C[NH+]4CCC[C@H](C)C4)c(O)ccc3c2=O)cc1. The molecule has 1 aromatic heterocycles. The van der Waals surface area contributed by atoms with Crippen molar-refractivity contribution in [3.63, 3.8) is 0 Å². The Balaban J connectivity index is 1.74. The molecule has 0 aliphatic carbocycles. The average molecular weight is 521 g/mol. The van der Waals surface area contributed by atoms with Crippen molar-refractivity contribution in [3.8, 4) is 17.2 Å². The molecule has 7 nitrogen and oxygen atoms in total. The number of phenolic OH excluding ortho intramolecular Hbond substituents is 1. The van der Waals surface area contributed by atoms with Crippen LogP contribution in [-0.2, 0) is 17.5 Å². The van der Waals surface area contributed by atoms with Gasteiger partial charge in [-0.15, -0.1) is 0 Å². The Morgan fingerprint density at radius 1 is 1.19 bits per heavy atom. The fraction of sp³-hybridized carbons (Fsp3) is 0.407. The molecule has 0 radical (unpaired) electrons. The van der Waals surface area contributed by atoms with Gasteiger partial charge >= 0.3 is 12.1 Å². The highest BCUT2D eigenvalue weighted by Crippen LogP contribution is 2.39. The molecular weight excluding hydrogens is 491 g/mol. The summed E-state index contributed by atoms with van der Waals surface area (Å²) in [6.07, 6.45) is -2.36. The summed E-state index contributed by atoms with van der Waals surface area (Å²) in [5, 5.41) is 10.4. The van der Waals surface area contributed by atoms with Crippen molar-refractivity contribution < 1.29 is 41.9 Å². The molecule has 0 spiro atoms. The number of carbonyl (C=O) groups excluding carboxylic acids is 1. The number of esters is 1. The van der Waals surface area contributed by atoms with E-state index in [9.17, 15) is 27.9 Å². The molecule has 2 heterocycles.